The summed E-state index contributed by atoms with van der Waals surface area (Å²) in [7, 11) is 0. The van der Waals surface area contributed by atoms with Gasteiger partial charge in [-0.05, 0) is 31.1 Å². The minimum atomic E-state index is -0.762. The van der Waals surface area contributed by atoms with Crippen LogP contribution in [0.1, 0.15) is 330 Å². The second-order valence-corrected chi connectivity index (χ2v) is 21.2. The van der Waals surface area contributed by atoms with Gasteiger partial charge in [0.2, 0.25) is 0 Å². The summed E-state index contributed by atoms with van der Waals surface area (Å²) < 4.78 is 16.9. The summed E-state index contributed by atoms with van der Waals surface area (Å²) in [6.45, 7) is 11.4. The molecule has 0 aromatic heterocycles. The van der Waals surface area contributed by atoms with Crippen molar-refractivity contribution in [2.24, 2.45) is 11.8 Å². The van der Waals surface area contributed by atoms with E-state index in [9.17, 15) is 14.4 Å². The van der Waals surface area contributed by atoms with Gasteiger partial charge in [0, 0.05) is 19.3 Å². The lowest BCUT2D eigenvalue weighted by Crippen LogP contribution is -2.30. The number of esters is 3. The first kappa shape index (κ1) is 63.4. The highest BCUT2D eigenvalue weighted by Gasteiger charge is 2.19. The van der Waals surface area contributed by atoms with Gasteiger partial charge in [0.1, 0.15) is 13.2 Å². The molecule has 65 heavy (non-hydrogen) atoms. The molecule has 6 nitrogen and oxygen atoms in total. The third kappa shape index (κ3) is 53.2. The fraction of sp³-hybridized carbons (Fsp3) is 0.949. The van der Waals surface area contributed by atoms with E-state index in [-0.39, 0.29) is 31.1 Å². The molecule has 1 atom stereocenters. The Hall–Kier alpha value is -1.59. The molecule has 0 aliphatic heterocycles. The van der Waals surface area contributed by atoms with E-state index in [2.05, 4.69) is 34.6 Å². The highest BCUT2D eigenvalue weighted by molar-refractivity contribution is 5.71. The average molecular weight is 920 g/mol. The fourth-order valence-corrected chi connectivity index (χ4v) is 9.05. The van der Waals surface area contributed by atoms with Crippen LogP contribution in [0.2, 0.25) is 0 Å². The van der Waals surface area contributed by atoms with Gasteiger partial charge in [-0.3, -0.25) is 14.4 Å². The van der Waals surface area contributed by atoms with E-state index < -0.39 is 6.10 Å². The largest absolute Gasteiger partial charge is 0.462 e. The molecule has 0 rings (SSSR count). The number of unbranched alkanes of at least 4 members (excludes halogenated alkanes) is 38. The first-order chi connectivity index (χ1) is 31.7. The van der Waals surface area contributed by atoms with E-state index in [1.54, 1.807) is 0 Å². The second-order valence-electron chi connectivity index (χ2n) is 21.2. The zero-order valence-corrected chi connectivity index (χ0v) is 44.6. The summed E-state index contributed by atoms with van der Waals surface area (Å²) in [4.78, 5) is 38.1. The molecule has 386 valence electrons. The maximum absolute atomic E-state index is 12.9. The van der Waals surface area contributed by atoms with Gasteiger partial charge in [-0.2, -0.15) is 0 Å². The van der Waals surface area contributed by atoms with Crippen LogP contribution >= 0.6 is 0 Å². The normalized spacial score (nSPS) is 12.0. The third-order valence-electron chi connectivity index (χ3n) is 13.5. The van der Waals surface area contributed by atoms with E-state index in [1.807, 2.05) is 0 Å². The summed E-state index contributed by atoms with van der Waals surface area (Å²) in [6.07, 6.45) is 55.2. The molecular weight excluding hydrogens is 805 g/mol. The maximum atomic E-state index is 12.9. The smallest absolute Gasteiger partial charge is 0.306 e. The lowest BCUT2D eigenvalue weighted by Gasteiger charge is -2.18. The Morgan fingerprint density at radius 3 is 0.754 bits per heavy atom. The zero-order valence-electron chi connectivity index (χ0n) is 44.6. The number of ether oxygens (including phenoxy) is 3. The van der Waals surface area contributed by atoms with Crippen molar-refractivity contribution in [2.45, 2.75) is 336 Å². The van der Waals surface area contributed by atoms with Crippen LogP contribution < -0.4 is 0 Å². The predicted octanol–water partition coefficient (Wildman–Crippen LogP) is 19.3. The Kier molecular flexibility index (Phi) is 50.5. The van der Waals surface area contributed by atoms with Gasteiger partial charge in [-0.15, -0.1) is 0 Å². The number of hydrogen-bond donors (Lipinski definition) is 0. The van der Waals surface area contributed by atoms with Gasteiger partial charge in [0.15, 0.2) is 6.10 Å². The predicted molar refractivity (Wildman–Crippen MR) is 280 cm³/mol. The van der Waals surface area contributed by atoms with Crippen LogP contribution in [0.3, 0.4) is 0 Å². The lowest BCUT2D eigenvalue weighted by molar-refractivity contribution is -0.167. The van der Waals surface area contributed by atoms with Gasteiger partial charge < -0.3 is 14.2 Å². The first-order valence-corrected chi connectivity index (χ1v) is 29.2. The van der Waals surface area contributed by atoms with Crippen LogP contribution in [0.15, 0.2) is 0 Å². The van der Waals surface area contributed by atoms with Gasteiger partial charge in [-0.1, -0.05) is 291 Å². The van der Waals surface area contributed by atoms with Crippen molar-refractivity contribution in [2.75, 3.05) is 13.2 Å². The van der Waals surface area contributed by atoms with Gasteiger partial charge in [0.25, 0.3) is 0 Å². The van der Waals surface area contributed by atoms with Crippen LogP contribution in [-0.4, -0.2) is 37.2 Å². The van der Waals surface area contributed by atoms with Crippen LogP contribution in [-0.2, 0) is 28.6 Å². The van der Waals surface area contributed by atoms with Gasteiger partial charge >= 0.3 is 17.9 Å². The standard InChI is InChI=1S/C59H114O6/c1-6-7-8-9-10-11-12-17-24-29-34-39-44-49-57(60)63-52-56(53-64-58(61)50-45-40-35-30-25-21-16-19-23-28-33-38-43-48-55(4)5)65-59(62)51-46-41-36-31-26-20-15-13-14-18-22-27-32-37-42-47-54(2)3/h54-56H,6-53H2,1-5H3/t56-/m1/s1. The fourth-order valence-electron chi connectivity index (χ4n) is 9.05. The first-order valence-electron chi connectivity index (χ1n) is 29.2. The van der Waals surface area contributed by atoms with E-state index in [0.29, 0.717) is 19.3 Å². The molecule has 0 fully saturated rings. The molecule has 0 saturated heterocycles. The maximum Gasteiger partial charge on any atom is 0.306 e. The van der Waals surface area contributed by atoms with Crippen molar-refractivity contribution in [3.05, 3.63) is 0 Å². The van der Waals surface area contributed by atoms with E-state index in [1.165, 1.54) is 218 Å². The topological polar surface area (TPSA) is 78.9 Å². The molecule has 0 heterocycles. The highest BCUT2D eigenvalue weighted by Crippen LogP contribution is 2.18. The van der Waals surface area contributed by atoms with Crippen LogP contribution in [0.4, 0.5) is 0 Å². The molecule has 6 heteroatoms. The second kappa shape index (κ2) is 51.8. The summed E-state index contributed by atoms with van der Waals surface area (Å²) in [5.74, 6) is 0.850. The summed E-state index contributed by atoms with van der Waals surface area (Å²) >= 11 is 0. The van der Waals surface area contributed by atoms with Crippen molar-refractivity contribution >= 4 is 17.9 Å². The Morgan fingerprint density at radius 1 is 0.292 bits per heavy atom. The molecule has 0 spiro atoms. The van der Waals surface area contributed by atoms with E-state index in [0.717, 1.165) is 69.6 Å². The Balaban J connectivity index is 4.29. The van der Waals surface area contributed by atoms with Crippen molar-refractivity contribution in [3.63, 3.8) is 0 Å². The van der Waals surface area contributed by atoms with E-state index in [4.69, 9.17) is 14.2 Å². The molecule has 0 aliphatic rings. The molecule has 0 saturated carbocycles. The van der Waals surface area contributed by atoms with Crippen LogP contribution in [0, 0.1) is 11.8 Å². The molecule has 0 aromatic rings. The van der Waals surface area contributed by atoms with Crippen molar-refractivity contribution in [1.29, 1.82) is 0 Å². The molecule has 0 bridgehead atoms. The van der Waals surface area contributed by atoms with Crippen molar-refractivity contribution in [3.8, 4) is 0 Å². The Morgan fingerprint density at radius 2 is 0.508 bits per heavy atom. The summed E-state index contributed by atoms with van der Waals surface area (Å²) in [5, 5.41) is 0. The van der Waals surface area contributed by atoms with Crippen molar-refractivity contribution in [1.82, 2.24) is 0 Å². The SMILES string of the molecule is CCCCCCCCCCCCCCCC(=O)OC[C@H](COC(=O)CCCCCCCCCCCCCCCC(C)C)OC(=O)CCCCCCCCCCCCCCCCCC(C)C. The summed E-state index contributed by atoms with van der Waals surface area (Å²) in [5.41, 5.74) is 0. The molecule has 0 aliphatic carbocycles. The summed E-state index contributed by atoms with van der Waals surface area (Å²) in [6, 6.07) is 0. The number of rotatable bonds is 53. The zero-order chi connectivity index (χ0) is 47.5. The molecule has 0 aromatic carbocycles. The van der Waals surface area contributed by atoms with E-state index >= 15 is 0 Å². The highest BCUT2D eigenvalue weighted by atomic mass is 16.6. The monoisotopic (exact) mass is 919 g/mol. The minimum absolute atomic E-state index is 0.0625. The molecule has 0 amide bonds. The number of hydrogen-bond acceptors (Lipinski definition) is 6. The minimum Gasteiger partial charge on any atom is -0.462 e. The number of carbonyl (C=O) groups is 3. The molecule has 0 unspecified atom stereocenters. The van der Waals surface area contributed by atoms with Crippen LogP contribution in [0.25, 0.3) is 0 Å². The molecule has 0 N–H and O–H groups in total. The average Bonchev–Trinajstić information content (AvgIpc) is 3.28. The molecular formula is C59H114O6. The quantitative estimate of drug-likeness (QED) is 0.0344. The van der Waals surface area contributed by atoms with Crippen molar-refractivity contribution < 1.29 is 28.6 Å². The van der Waals surface area contributed by atoms with Crippen LogP contribution in [0.5, 0.6) is 0 Å². The third-order valence-corrected chi connectivity index (χ3v) is 13.5. The van der Waals surface area contributed by atoms with Gasteiger partial charge in [0.05, 0.1) is 0 Å². The van der Waals surface area contributed by atoms with Gasteiger partial charge in [-0.25, -0.2) is 0 Å². The lowest BCUT2D eigenvalue weighted by atomic mass is 10.0. The molecule has 0 radical (unpaired) electrons. The Labute approximate surface area is 406 Å². The number of carbonyl (C=O) groups excluding carboxylic acids is 3. The Bertz CT molecular complexity index is 993.